The first-order chi connectivity index (χ1) is 13.9. The standard InChI is InChI=1S/C20H22O9/c1-24-15-13(22)12-14(16(25-2)17(15)26-3)29-19(10-6-8-11(21)9-7-10)20(27-4,28-5)18(12)23/h6-9,19,21-22H,1-5H3. The summed E-state index contributed by atoms with van der Waals surface area (Å²) in [7, 11) is 6.63. The predicted octanol–water partition coefficient (Wildman–Crippen LogP) is 2.43. The van der Waals surface area contributed by atoms with Crippen molar-refractivity contribution in [1.82, 2.24) is 0 Å². The molecule has 1 aliphatic rings. The van der Waals surface area contributed by atoms with E-state index >= 15 is 0 Å². The van der Waals surface area contributed by atoms with E-state index in [1.807, 2.05) is 0 Å². The van der Waals surface area contributed by atoms with Crippen molar-refractivity contribution in [2.45, 2.75) is 11.9 Å². The van der Waals surface area contributed by atoms with Gasteiger partial charge in [0.05, 0.1) is 21.3 Å². The number of hydrogen-bond donors (Lipinski definition) is 2. The van der Waals surface area contributed by atoms with Gasteiger partial charge in [0.1, 0.15) is 11.3 Å². The average molecular weight is 406 g/mol. The Hall–Kier alpha value is -3.17. The Morgan fingerprint density at radius 2 is 1.41 bits per heavy atom. The van der Waals surface area contributed by atoms with Gasteiger partial charge in [-0.2, -0.15) is 0 Å². The first kappa shape index (κ1) is 20.6. The molecule has 0 amide bonds. The quantitative estimate of drug-likeness (QED) is 0.698. The van der Waals surface area contributed by atoms with Gasteiger partial charge < -0.3 is 38.6 Å². The normalized spacial score (nSPS) is 17.3. The minimum Gasteiger partial charge on any atom is -0.508 e. The monoisotopic (exact) mass is 406 g/mol. The average Bonchev–Trinajstić information content (AvgIpc) is 2.74. The third-order valence-corrected chi connectivity index (χ3v) is 4.84. The third-order valence-electron chi connectivity index (χ3n) is 4.84. The number of benzene rings is 2. The zero-order valence-electron chi connectivity index (χ0n) is 16.6. The lowest BCUT2D eigenvalue weighted by Crippen LogP contribution is -2.53. The summed E-state index contributed by atoms with van der Waals surface area (Å²) in [6.07, 6.45) is -1.08. The Morgan fingerprint density at radius 1 is 0.862 bits per heavy atom. The smallest absolute Gasteiger partial charge is 0.276 e. The molecule has 9 heteroatoms. The molecule has 0 saturated heterocycles. The maximum absolute atomic E-state index is 13.5. The van der Waals surface area contributed by atoms with Crippen LogP contribution in [0.4, 0.5) is 0 Å². The van der Waals surface area contributed by atoms with Crippen LogP contribution in [0.5, 0.6) is 34.5 Å². The highest BCUT2D eigenvalue weighted by Crippen LogP contribution is 2.58. The summed E-state index contributed by atoms with van der Waals surface area (Å²) < 4.78 is 33.0. The summed E-state index contributed by atoms with van der Waals surface area (Å²) in [4.78, 5) is 13.5. The highest BCUT2D eigenvalue weighted by Gasteiger charge is 2.56. The second-order valence-electron chi connectivity index (χ2n) is 6.15. The number of ether oxygens (including phenoxy) is 6. The van der Waals surface area contributed by atoms with Gasteiger partial charge in [-0.05, 0) is 17.7 Å². The number of methoxy groups -OCH3 is 5. The van der Waals surface area contributed by atoms with Crippen molar-refractivity contribution in [2.75, 3.05) is 35.5 Å². The van der Waals surface area contributed by atoms with E-state index in [4.69, 9.17) is 28.4 Å². The topological polar surface area (TPSA) is 113 Å². The van der Waals surface area contributed by atoms with Crippen LogP contribution in [-0.2, 0) is 9.47 Å². The van der Waals surface area contributed by atoms with E-state index in [2.05, 4.69) is 0 Å². The Kier molecular flexibility index (Phi) is 5.45. The van der Waals surface area contributed by atoms with Crippen molar-refractivity contribution >= 4 is 5.78 Å². The molecule has 9 nitrogen and oxygen atoms in total. The van der Waals surface area contributed by atoms with Crippen molar-refractivity contribution in [3.8, 4) is 34.5 Å². The van der Waals surface area contributed by atoms with Crippen LogP contribution in [0.2, 0.25) is 0 Å². The van der Waals surface area contributed by atoms with Gasteiger partial charge in [-0.3, -0.25) is 4.79 Å². The lowest BCUT2D eigenvalue weighted by Gasteiger charge is -2.41. The van der Waals surface area contributed by atoms with Gasteiger partial charge in [-0.15, -0.1) is 0 Å². The largest absolute Gasteiger partial charge is 0.508 e. The number of phenolic OH excluding ortho intramolecular Hbond substituents is 2. The number of fused-ring (bicyclic) bond motifs is 1. The maximum Gasteiger partial charge on any atom is 0.276 e. The van der Waals surface area contributed by atoms with Gasteiger partial charge in [0.15, 0.2) is 17.6 Å². The van der Waals surface area contributed by atoms with Crippen LogP contribution >= 0.6 is 0 Å². The van der Waals surface area contributed by atoms with E-state index < -0.39 is 23.4 Å². The summed E-state index contributed by atoms with van der Waals surface area (Å²) in [6.45, 7) is 0. The number of Topliss-reactive ketones (excluding diaryl/α,β-unsaturated/α-hetero) is 1. The van der Waals surface area contributed by atoms with Crippen molar-refractivity contribution in [2.24, 2.45) is 0 Å². The first-order valence-electron chi connectivity index (χ1n) is 8.55. The van der Waals surface area contributed by atoms with Gasteiger partial charge in [0, 0.05) is 14.2 Å². The fourth-order valence-corrected chi connectivity index (χ4v) is 3.44. The fraction of sp³-hybridized carbons (Fsp3) is 0.350. The van der Waals surface area contributed by atoms with Crippen molar-refractivity contribution in [1.29, 1.82) is 0 Å². The second-order valence-corrected chi connectivity index (χ2v) is 6.15. The van der Waals surface area contributed by atoms with Crippen molar-refractivity contribution in [3.05, 3.63) is 35.4 Å². The Morgan fingerprint density at radius 3 is 1.90 bits per heavy atom. The molecule has 1 aliphatic heterocycles. The van der Waals surface area contributed by atoms with Gasteiger partial charge in [0.25, 0.3) is 5.79 Å². The molecule has 1 unspecified atom stereocenters. The number of hydrogen-bond acceptors (Lipinski definition) is 9. The zero-order valence-corrected chi connectivity index (χ0v) is 16.6. The zero-order chi connectivity index (χ0) is 21.3. The number of carbonyl (C=O) groups excluding carboxylic acids is 1. The number of phenols is 2. The molecule has 0 bridgehead atoms. The second kappa shape index (κ2) is 7.69. The molecule has 0 aliphatic carbocycles. The van der Waals surface area contributed by atoms with Gasteiger partial charge in [-0.25, -0.2) is 0 Å². The fourth-order valence-electron chi connectivity index (χ4n) is 3.44. The van der Waals surface area contributed by atoms with Crippen LogP contribution < -0.4 is 18.9 Å². The molecule has 0 aromatic heterocycles. The van der Waals surface area contributed by atoms with Crippen molar-refractivity contribution in [3.63, 3.8) is 0 Å². The van der Waals surface area contributed by atoms with Crippen molar-refractivity contribution < 1.29 is 43.4 Å². The minimum absolute atomic E-state index is 0.0401. The molecule has 0 radical (unpaired) electrons. The molecule has 0 spiro atoms. The molecule has 2 aromatic rings. The van der Waals surface area contributed by atoms with Crippen LogP contribution in [-0.4, -0.2) is 57.3 Å². The van der Waals surface area contributed by atoms with E-state index in [9.17, 15) is 15.0 Å². The third kappa shape index (κ3) is 2.90. The number of carbonyl (C=O) groups is 1. The summed E-state index contributed by atoms with van der Waals surface area (Å²) in [6, 6.07) is 6.02. The Bertz CT molecular complexity index is 917. The van der Waals surface area contributed by atoms with Gasteiger partial charge in [-0.1, -0.05) is 12.1 Å². The van der Waals surface area contributed by atoms with E-state index in [1.165, 1.54) is 47.7 Å². The van der Waals surface area contributed by atoms with Crippen LogP contribution in [0.1, 0.15) is 22.0 Å². The molecule has 2 N–H and O–H groups in total. The number of rotatable bonds is 6. The molecule has 29 heavy (non-hydrogen) atoms. The first-order valence-corrected chi connectivity index (χ1v) is 8.55. The maximum atomic E-state index is 13.5. The highest BCUT2D eigenvalue weighted by atomic mass is 16.7. The molecule has 1 atom stereocenters. The molecule has 2 aromatic carbocycles. The van der Waals surface area contributed by atoms with Crippen LogP contribution in [0, 0.1) is 0 Å². The molecule has 0 fully saturated rings. The predicted molar refractivity (Wildman–Crippen MR) is 100 cm³/mol. The summed E-state index contributed by atoms with van der Waals surface area (Å²) >= 11 is 0. The van der Waals surface area contributed by atoms with Gasteiger partial charge in [0.2, 0.25) is 23.0 Å². The summed E-state index contributed by atoms with van der Waals surface area (Å²) in [5, 5.41) is 20.3. The number of ketones is 1. The number of aromatic hydroxyl groups is 2. The van der Waals surface area contributed by atoms with Crippen LogP contribution in [0.25, 0.3) is 0 Å². The highest BCUT2D eigenvalue weighted by molar-refractivity contribution is 6.09. The van der Waals surface area contributed by atoms with E-state index in [0.29, 0.717) is 5.56 Å². The van der Waals surface area contributed by atoms with Crippen LogP contribution in [0.3, 0.4) is 0 Å². The molecular weight excluding hydrogens is 384 g/mol. The molecule has 3 rings (SSSR count). The summed E-state index contributed by atoms with van der Waals surface area (Å²) in [5.41, 5.74) is 0.264. The molecular formula is C20H22O9. The lowest BCUT2D eigenvalue weighted by molar-refractivity contribution is -0.223. The lowest BCUT2D eigenvalue weighted by atomic mass is 9.88. The minimum atomic E-state index is -1.91. The molecule has 0 saturated carbocycles. The molecule has 1 heterocycles. The SMILES string of the molecule is COc1c(O)c2c(c(OC)c1OC)OC(c1ccc(O)cc1)C(OC)(OC)C2=O. The van der Waals surface area contributed by atoms with E-state index in [0.717, 1.165) is 0 Å². The van der Waals surface area contributed by atoms with E-state index in [1.54, 1.807) is 12.1 Å². The van der Waals surface area contributed by atoms with Crippen LogP contribution in [0.15, 0.2) is 24.3 Å². The van der Waals surface area contributed by atoms with E-state index in [-0.39, 0.29) is 34.3 Å². The Labute approximate surface area is 167 Å². The molecule has 156 valence electrons. The Balaban J connectivity index is 2.34. The van der Waals surface area contributed by atoms with Gasteiger partial charge >= 0.3 is 0 Å². The summed E-state index contributed by atoms with van der Waals surface area (Å²) in [5.74, 6) is -3.07.